The normalized spacial score (nSPS) is 46.5. The fourth-order valence-electron chi connectivity index (χ4n) is 9.29. The summed E-state index contributed by atoms with van der Waals surface area (Å²) in [6.45, 7) is 7.19. The molecule has 1 aromatic rings. The summed E-state index contributed by atoms with van der Waals surface area (Å²) < 4.78 is 0. The third-order valence-corrected chi connectivity index (χ3v) is 11.0. The van der Waals surface area contributed by atoms with Crippen molar-refractivity contribution in [3.8, 4) is 0 Å². The maximum Gasteiger partial charge on any atom is 0.0656 e. The monoisotopic (exact) mass is 426 g/mol. The average molecular weight is 427 g/mol. The number of rotatable bonds is 4. The molecule has 0 spiro atoms. The van der Waals surface area contributed by atoms with Gasteiger partial charge in [0.1, 0.15) is 0 Å². The number of aliphatic hydroxyl groups excluding tert-OH is 1. The first kappa shape index (κ1) is 21.8. The number of aromatic nitrogens is 2. The van der Waals surface area contributed by atoms with Crippen molar-refractivity contribution in [2.75, 3.05) is 0 Å². The minimum Gasteiger partial charge on any atom is -0.393 e. The maximum atomic E-state index is 11.7. The van der Waals surface area contributed by atoms with E-state index in [0.717, 1.165) is 49.4 Å². The van der Waals surface area contributed by atoms with Gasteiger partial charge in [0.15, 0.2) is 0 Å². The molecule has 172 valence electrons. The van der Waals surface area contributed by atoms with E-state index >= 15 is 0 Å². The van der Waals surface area contributed by atoms with Crippen LogP contribution in [0.25, 0.3) is 0 Å². The van der Waals surface area contributed by atoms with E-state index in [9.17, 15) is 10.2 Å². The number of hydrogen-bond acceptors (Lipinski definition) is 4. The van der Waals surface area contributed by atoms with Crippen molar-refractivity contribution in [3.63, 3.8) is 0 Å². The van der Waals surface area contributed by atoms with E-state index in [0.29, 0.717) is 11.3 Å². The van der Waals surface area contributed by atoms with Crippen molar-refractivity contribution in [1.82, 2.24) is 10.2 Å². The van der Waals surface area contributed by atoms with Gasteiger partial charge in [-0.2, -0.15) is 10.2 Å². The first-order chi connectivity index (χ1) is 14.7. The molecular formula is C27H42N2O2. The van der Waals surface area contributed by atoms with Gasteiger partial charge in [0.25, 0.3) is 0 Å². The number of aliphatic hydroxyl groups is 2. The van der Waals surface area contributed by atoms with E-state index in [1.165, 1.54) is 50.5 Å². The number of hydrogen-bond donors (Lipinski definition) is 2. The fourth-order valence-corrected chi connectivity index (χ4v) is 9.29. The van der Waals surface area contributed by atoms with Gasteiger partial charge in [-0.1, -0.05) is 13.8 Å². The van der Waals surface area contributed by atoms with Crippen LogP contribution in [0.5, 0.6) is 0 Å². The lowest BCUT2D eigenvalue weighted by molar-refractivity contribution is -0.144. The molecular weight excluding hydrogens is 384 g/mol. The second-order valence-electron chi connectivity index (χ2n) is 12.4. The Balaban J connectivity index is 1.33. The van der Waals surface area contributed by atoms with Gasteiger partial charge in [0.05, 0.1) is 17.9 Å². The third-order valence-electron chi connectivity index (χ3n) is 11.0. The molecule has 5 rings (SSSR count). The van der Waals surface area contributed by atoms with Crippen LogP contribution >= 0.6 is 0 Å². The number of fused-ring (bicyclic) bond motifs is 5. The molecule has 4 nitrogen and oxygen atoms in total. The average Bonchev–Trinajstić information content (AvgIpc) is 3.12. The van der Waals surface area contributed by atoms with Gasteiger partial charge >= 0.3 is 0 Å². The summed E-state index contributed by atoms with van der Waals surface area (Å²) in [6, 6.07) is 2.02. The molecule has 0 aromatic carbocycles. The quantitative estimate of drug-likeness (QED) is 0.696. The van der Waals surface area contributed by atoms with E-state index in [4.69, 9.17) is 0 Å². The molecule has 4 aliphatic rings. The molecule has 1 unspecified atom stereocenters. The molecule has 1 heterocycles. The molecule has 31 heavy (non-hydrogen) atoms. The Morgan fingerprint density at radius 2 is 1.77 bits per heavy atom. The minimum atomic E-state index is -0.629. The van der Waals surface area contributed by atoms with Crippen LogP contribution in [0.15, 0.2) is 18.5 Å². The SMILES string of the molecule is C[C@]12CC[C@H]3[C@@H](CCC4C[C@@H](O)CC[C@@]43C)[C@@H]1CC[C@@H]2[C@](C)(O)CCc1ccnnc1. The molecule has 4 saturated carbocycles. The van der Waals surface area contributed by atoms with Crippen LogP contribution in [0.1, 0.15) is 90.5 Å². The van der Waals surface area contributed by atoms with Crippen LogP contribution in [0.4, 0.5) is 0 Å². The Bertz CT molecular complexity index is 783. The summed E-state index contributed by atoms with van der Waals surface area (Å²) in [5.41, 5.74) is 1.23. The highest BCUT2D eigenvalue weighted by Gasteiger charge is 2.62. The van der Waals surface area contributed by atoms with Crippen molar-refractivity contribution in [2.45, 2.75) is 103 Å². The predicted octanol–water partition coefficient (Wildman–Crippen LogP) is 5.18. The number of nitrogens with zero attached hydrogens (tertiary/aromatic N) is 2. The van der Waals surface area contributed by atoms with Crippen LogP contribution in [0, 0.1) is 40.4 Å². The highest BCUT2D eigenvalue weighted by molar-refractivity contribution is 5.13. The molecule has 0 amide bonds. The van der Waals surface area contributed by atoms with Gasteiger partial charge in [0.2, 0.25) is 0 Å². The fraction of sp³-hybridized carbons (Fsp3) is 0.852. The first-order valence-corrected chi connectivity index (χ1v) is 12.9. The van der Waals surface area contributed by atoms with Crippen molar-refractivity contribution >= 4 is 0 Å². The van der Waals surface area contributed by atoms with Gasteiger partial charge in [0, 0.05) is 6.20 Å². The zero-order chi connectivity index (χ0) is 21.9. The van der Waals surface area contributed by atoms with E-state index in [1.54, 1.807) is 6.20 Å². The molecule has 1 aromatic heterocycles. The molecule has 0 saturated heterocycles. The Morgan fingerprint density at radius 1 is 1.00 bits per heavy atom. The molecule has 0 bridgehead atoms. The highest BCUT2D eigenvalue weighted by Crippen LogP contribution is 2.68. The largest absolute Gasteiger partial charge is 0.393 e. The minimum absolute atomic E-state index is 0.0648. The van der Waals surface area contributed by atoms with E-state index < -0.39 is 5.60 Å². The first-order valence-electron chi connectivity index (χ1n) is 12.9. The van der Waals surface area contributed by atoms with Crippen LogP contribution in [-0.4, -0.2) is 32.1 Å². The van der Waals surface area contributed by atoms with Crippen LogP contribution in [0.3, 0.4) is 0 Å². The zero-order valence-corrected chi connectivity index (χ0v) is 19.8. The van der Waals surface area contributed by atoms with Gasteiger partial charge in [-0.25, -0.2) is 0 Å². The van der Waals surface area contributed by atoms with E-state index in [2.05, 4.69) is 31.0 Å². The Labute approximate surface area is 188 Å². The lowest BCUT2D eigenvalue weighted by atomic mass is 9.44. The Kier molecular flexibility index (Phi) is 5.49. The molecule has 0 aliphatic heterocycles. The summed E-state index contributed by atoms with van der Waals surface area (Å²) >= 11 is 0. The summed E-state index contributed by atoms with van der Waals surface area (Å²) in [4.78, 5) is 0. The molecule has 9 atom stereocenters. The molecule has 4 fully saturated rings. The molecule has 4 heteroatoms. The van der Waals surface area contributed by atoms with Crippen LogP contribution < -0.4 is 0 Å². The van der Waals surface area contributed by atoms with Gasteiger partial charge in [-0.15, -0.1) is 0 Å². The van der Waals surface area contributed by atoms with Crippen LogP contribution in [-0.2, 0) is 6.42 Å². The highest BCUT2D eigenvalue weighted by atomic mass is 16.3. The zero-order valence-electron chi connectivity index (χ0n) is 19.8. The van der Waals surface area contributed by atoms with Crippen LogP contribution in [0.2, 0.25) is 0 Å². The maximum absolute atomic E-state index is 11.7. The second-order valence-corrected chi connectivity index (χ2v) is 12.4. The van der Waals surface area contributed by atoms with Crippen molar-refractivity contribution in [1.29, 1.82) is 0 Å². The third kappa shape index (κ3) is 3.57. The van der Waals surface area contributed by atoms with Gasteiger partial charge in [-0.05, 0) is 130 Å². The summed E-state index contributed by atoms with van der Waals surface area (Å²) in [5.74, 6) is 3.51. The lowest BCUT2D eigenvalue weighted by Gasteiger charge is -2.61. The molecule has 0 radical (unpaired) electrons. The predicted molar refractivity (Wildman–Crippen MR) is 122 cm³/mol. The van der Waals surface area contributed by atoms with E-state index in [1.807, 2.05) is 12.3 Å². The second kappa shape index (κ2) is 7.80. The number of aryl methyl sites for hydroxylation is 1. The van der Waals surface area contributed by atoms with Gasteiger partial charge < -0.3 is 10.2 Å². The van der Waals surface area contributed by atoms with Crippen molar-refractivity contribution in [3.05, 3.63) is 24.0 Å². The van der Waals surface area contributed by atoms with Gasteiger partial charge in [-0.3, -0.25) is 0 Å². The smallest absolute Gasteiger partial charge is 0.0656 e. The van der Waals surface area contributed by atoms with Crippen molar-refractivity contribution in [2.24, 2.45) is 40.4 Å². The Hall–Kier alpha value is -1.00. The lowest BCUT2D eigenvalue weighted by Crippen LogP contribution is -2.55. The summed E-state index contributed by atoms with van der Waals surface area (Å²) in [6.07, 6.45) is 16.1. The Morgan fingerprint density at radius 3 is 2.55 bits per heavy atom. The van der Waals surface area contributed by atoms with E-state index in [-0.39, 0.29) is 11.5 Å². The summed E-state index contributed by atoms with van der Waals surface area (Å²) in [7, 11) is 0. The molecule has 4 aliphatic carbocycles. The standard InChI is InChI=1S/C27H42N2O2/c1-25-12-9-20(30)16-19(25)4-5-21-22-6-7-24(26(22,2)13-10-23(21)25)27(3,31)14-8-18-11-15-28-29-17-18/h11,15,17,19-24,30-31H,4-10,12-14,16H2,1-3H3/t19?,20-,21-,22-,23-,24-,25-,26-,27+/m0/s1. The topological polar surface area (TPSA) is 66.2 Å². The van der Waals surface area contributed by atoms with Crippen molar-refractivity contribution < 1.29 is 10.2 Å². The summed E-state index contributed by atoms with van der Waals surface area (Å²) in [5, 5.41) is 29.8. The molecule has 2 N–H and O–H groups in total.